The fourth-order valence-electron chi connectivity index (χ4n) is 1.10. The molecule has 1 aromatic rings. The van der Waals surface area contributed by atoms with Crippen molar-refractivity contribution in [2.24, 2.45) is 4.99 Å². The number of nitrogens with zero attached hydrogens (tertiary/aromatic N) is 1. The van der Waals surface area contributed by atoms with Crippen LogP contribution in [0.3, 0.4) is 0 Å². The highest BCUT2D eigenvalue weighted by Crippen LogP contribution is 2.19. The minimum atomic E-state index is 0.649. The quantitative estimate of drug-likeness (QED) is 0.539. The van der Waals surface area contributed by atoms with E-state index in [1.165, 1.54) is 5.56 Å². The molecule has 1 aliphatic rings. The summed E-state index contributed by atoms with van der Waals surface area (Å²) in [6.45, 7) is 0.745. The van der Waals surface area contributed by atoms with Crippen molar-refractivity contribution in [1.82, 2.24) is 0 Å². The molecular weight excluding hydrogens is 146 g/mol. The molecule has 1 heterocycles. The van der Waals surface area contributed by atoms with Crippen molar-refractivity contribution in [3.63, 3.8) is 0 Å². The number of fused-ring (bicyclic) bond motifs is 1. The van der Waals surface area contributed by atoms with Crippen LogP contribution < -0.4 is 0 Å². The summed E-state index contributed by atoms with van der Waals surface area (Å²) in [5, 5.41) is 0.649. The van der Waals surface area contributed by atoms with Crippen LogP contribution in [-0.2, 0) is 6.54 Å². The molecule has 0 atom stereocenters. The van der Waals surface area contributed by atoms with Crippen LogP contribution in [0.25, 0.3) is 0 Å². The van der Waals surface area contributed by atoms with E-state index >= 15 is 0 Å². The van der Waals surface area contributed by atoms with E-state index in [-0.39, 0.29) is 0 Å². The molecule has 2 heteroatoms. The summed E-state index contributed by atoms with van der Waals surface area (Å²) in [5.74, 6) is 0. The molecular formula is C8H6ClN. The summed E-state index contributed by atoms with van der Waals surface area (Å²) >= 11 is 5.79. The SMILES string of the molecule is ClC1=NCc2ccccc21. The van der Waals surface area contributed by atoms with Crippen LogP contribution in [0.5, 0.6) is 0 Å². The highest BCUT2D eigenvalue weighted by molar-refractivity contribution is 6.70. The van der Waals surface area contributed by atoms with Crippen molar-refractivity contribution < 1.29 is 0 Å². The molecule has 0 aromatic heterocycles. The van der Waals surface area contributed by atoms with E-state index in [0.717, 1.165) is 12.1 Å². The van der Waals surface area contributed by atoms with E-state index < -0.39 is 0 Å². The topological polar surface area (TPSA) is 12.4 Å². The monoisotopic (exact) mass is 151 g/mol. The van der Waals surface area contributed by atoms with Gasteiger partial charge in [0.05, 0.1) is 6.54 Å². The van der Waals surface area contributed by atoms with Crippen LogP contribution >= 0.6 is 11.6 Å². The van der Waals surface area contributed by atoms with Crippen LogP contribution in [0.15, 0.2) is 29.3 Å². The molecule has 0 fully saturated rings. The van der Waals surface area contributed by atoms with Gasteiger partial charge in [0.25, 0.3) is 0 Å². The van der Waals surface area contributed by atoms with Crippen molar-refractivity contribution in [1.29, 1.82) is 0 Å². The summed E-state index contributed by atoms with van der Waals surface area (Å²) in [6.07, 6.45) is 0. The Hall–Kier alpha value is -0.820. The molecule has 0 N–H and O–H groups in total. The van der Waals surface area contributed by atoms with Crippen molar-refractivity contribution in [3.8, 4) is 0 Å². The van der Waals surface area contributed by atoms with Gasteiger partial charge in [0.1, 0.15) is 5.17 Å². The van der Waals surface area contributed by atoms with Crippen molar-refractivity contribution in [3.05, 3.63) is 35.4 Å². The smallest absolute Gasteiger partial charge is 0.131 e. The predicted molar refractivity (Wildman–Crippen MR) is 42.5 cm³/mol. The van der Waals surface area contributed by atoms with Crippen molar-refractivity contribution in [2.75, 3.05) is 0 Å². The molecule has 0 unspecified atom stereocenters. The maximum atomic E-state index is 5.79. The molecule has 0 saturated carbocycles. The third-order valence-corrected chi connectivity index (χ3v) is 1.95. The normalized spacial score (nSPS) is 14.7. The van der Waals surface area contributed by atoms with Crippen molar-refractivity contribution >= 4 is 16.8 Å². The molecule has 0 bridgehead atoms. The van der Waals surface area contributed by atoms with E-state index in [0.29, 0.717) is 5.17 Å². The first-order chi connectivity index (χ1) is 4.88. The third kappa shape index (κ3) is 0.745. The standard InChI is InChI=1S/C8H6ClN/c9-8-7-4-2-1-3-6(7)5-10-8/h1-4H,5H2. The minimum absolute atomic E-state index is 0.649. The zero-order chi connectivity index (χ0) is 6.97. The first kappa shape index (κ1) is 5.93. The molecule has 0 radical (unpaired) electrons. The molecule has 0 aliphatic carbocycles. The number of rotatable bonds is 0. The van der Waals surface area contributed by atoms with Crippen LogP contribution in [0.2, 0.25) is 0 Å². The van der Waals surface area contributed by atoms with Gasteiger partial charge in [0.2, 0.25) is 0 Å². The largest absolute Gasteiger partial charge is 0.268 e. The number of aliphatic imine (C=N–C) groups is 1. The van der Waals surface area contributed by atoms with Gasteiger partial charge in [-0.1, -0.05) is 35.9 Å². The van der Waals surface area contributed by atoms with E-state index in [4.69, 9.17) is 11.6 Å². The molecule has 10 heavy (non-hydrogen) atoms. The second-order valence-electron chi connectivity index (χ2n) is 2.26. The molecule has 0 spiro atoms. The molecule has 1 nitrogen and oxygen atoms in total. The fraction of sp³-hybridized carbons (Fsp3) is 0.125. The Kier molecular flexibility index (Phi) is 1.24. The van der Waals surface area contributed by atoms with Gasteiger partial charge in [0, 0.05) is 5.56 Å². The van der Waals surface area contributed by atoms with Gasteiger partial charge < -0.3 is 0 Å². The predicted octanol–water partition coefficient (Wildman–Crippen LogP) is 2.19. The van der Waals surface area contributed by atoms with Crippen LogP contribution in [0, 0.1) is 0 Å². The Morgan fingerprint density at radius 3 is 2.90 bits per heavy atom. The zero-order valence-corrected chi connectivity index (χ0v) is 6.10. The van der Waals surface area contributed by atoms with E-state index in [1.54, 1.807) is 0 Å². The number of halogens is 1. The Balaban J connectivity index is 2.61. The Morgan fingerprint density at radius 2 is 2.10 bits per heavy atom. The Morgan fingerprint density at radius 1 is 1.30 bits per heavy atom. The van der Waals surface area contributed by atoms with Gasteiger partial charge in [-0.25, -0.2) is 0 Å². The third-order valence-electron chi connectivity index (χ3n) is 1.63. The second-order valence-corrected chi connectivity index (χ2v) is 2.62. The van der Waals surface area contributed by atoms with Crippen LogP contribution in [0.1, 0.15) is 11.1 Å². The summed E-state index contributed by atoms with van der Waals surface area (Å²) in [6, 6.07) is 8.02. The van der Waals surface area contributed by atoms with E-state index in [9.17, 15) is 0 Å². The van der Waals surface area contributed by atoms with Gasteiger partial charge in [-0.15, -0.1) is 0 Å². The summed E-state index contributed by atoms with van der Waals surface area (Å²) < 4.78 is 0. The maximum Gasteiger partial charge on any atom is 0.131 e. The van der Waals surface area contributed by atoms with E-state index in [2.05, 4.69) is 4.99 Å². The first-order valence-electron chi connectivity index (χ1n) is 3.16. The maximum absolute atomic E-state index is 5.79. The lowest BCUT2D eigenvalue weighted by molar-refractivity contribution is 1.11. The molecule has 1 aromatic carbocycles. The molecule has 1 aliphatic heterocycles. The number of hydrogen-bond acceptors (Lipinski definition) is 1. The molecule has 0 amide bonds. The van der Waals surface area contributed by atoms with Crippen LogP contribution in [0.4, 0.5) is 0 Å². The number of hydrogen-bond donors (Lipinski definition) is 0. The van der Waals surface area contributed by atoms with Crippen LogP contribution in [-0.4, -0.2) is 5.17 Å². The lowest BCUT2D eigenvalue weighted by Gasteiger charge is -1.93. The van der Waals surface area contributed by atoms with Gasteiger partial charge in [0.15, 0.2) is 0 Å². The molecule has 50 valence electrons. The van der Waals surface area contributed by atoms with E-state index in [1.807, 2.05) is 24.3 Å². The highest BCUT2D eigenvalue weighted by Gasteiger charge is 2.11. The summed E-state index contributed by atoms with van der Waals surface area (Å²) in [4.78, 5) is 4.09. The van der Waals surface area contributed by atoms with Crippen molar-refractivity contribution in [2.45, 2.75) is 6.54 Å². The summed E-state index contributed by atoms with van der Waals surface area (Å²) in [7, 11) is 0. The zero-order valence-electron chi connectivity index (χ0n) is 5.34. The fourth-order valence-corrected chi connectivity index (χ4v) is 1.34. The molecule has 2 rings (SSSR count). The van der Waals surface area contributed by atoms with Gasteiger partial charge in [-0.3, -0.25) is 4.99 Å². The Labute approximate surface area is 64.4 Å². The lowest BCUT2D eigenvalue weighted by Crippen LogP contribution is -1.86. The lowest BCUT2D eigenvalue weighted by atomic mass is 10.1. The minimum Gasteiger partial charge on any atom is -0.268 e. The average Bonchev–Trinajstić information content (AvgIpc) is 2.34. The average molecular weight is 152 g/mol. The van der Waals surface area contributed by atoms with Gasteiger partial charge >= 0.3 is 0 Å². The summed E-state index contributed by atoms with van der Waals surface area (Å²) in [5.41, 5.74) is 2.32. The number of benzene rings is 1. The van der Waals surface area contributed by atoms with Gasteiger partial charge in [-0.2, -0.15) is 0 Å². The van der Waals surface area contributed by atoms with Gasteiger partial charge in [-0.05, 0) is 5.56 Å². The highest BCUT2D eigenvalue weighted by atomic mass is 35.5. The Bertz CT molecular complexity index is 291. The second kappa shape index (κ2) is 2.10. The first-order valence-corrected chi connectivity index (χ1v) is 3.54. The molecule has 0 saturated heterocycles.